The van der Waals surface area contributed by atoms with E-state index in [1.807, 2.05) is 0 Å². The summed E-state index contributed by atoms with van der Waals surface area (Å²) >= 11 is 5.71. The van der Waals surface area contributed by atoms with Gasteiger partial charge in [-0.1, -0.05) is 0 Å². The summed E-state index contributed by atoms with van der Waals surface area (Å²) in [7, 11) is 0. The van der Waals surface area contributed by atoms with E-state index >= 15 is 0 Å². The second kappa shape index (κ2) is 6.66. The van der Waals surface area contributed by atoms with Gasteiger partial charge in [-0.15, -0.1) is 0 Å². The van der Waals surface area contributed by atoms with E-state index in [0.717, 1.165) is 24.3 Å². The number of nitrogens with two attached hydrogens (primary N) is 2. The molecule has 2 aromatic carbocycles. The standard InChI is InChI=1S/C14H10Br2F4N2/c15-9-3-5(17)1-7(11(9)19)13(21)14(22)8-2-6(18)4-10(16)12(8)20/h1-4,13-14H,21-22H2. The first-order chi connectivity index (χ1) is 10.2. The van der Waals surface area contributed by atoms with Gasteiger partial charge in [-0.25, -0.2) is 17.6 Å². The zero-order chi connectivity index (χ0) is 16.6. The molecule has 2 rings (SSSR count). The van der Waals surface area contributed by atoms with Crippen molar-refractivity contribution in [3.05, 3.63) is 67.6 Å². The Balaban J connectivity index is 2.48. The van der Waals surface area contributed by atoms with Gasteiger partial charge in [-0.2, -0.15) is 0 Å². The van der Waals surface area contributed by atoms with Crippen LogP contribution in [0, 0.1) is 23.3 Å². The van der Waals surface area contributed by atoms with Gasteiger partial charge in [0.25, 0.3) is 0 Å². The zero-order valence-electron chi connectivity index (χ0n) is 10.9. The van der Waals surface area contributed by atoms with Gasteiger partial charge in [0, 0.05) is 11.1 Å². The normalized spacial score (nSPS) is 14.0. The van der Waals surface area contributed by atoms with Crippen LogP contribution in [0.5, 0.6) is 0 Å². The van der Waals surface area contributed by atoms with Gasteiger partial charge in [0.1, 0.15) is 23.3 Å². The Morgan fingerprint density at radius 1 is 0.682 bits per heavy atom. The molecular weight excluding hydrogens is 432 g/mol. The van der Waals surface area contributed by atoms with Gasteiger partial charge in [0.2, 0.25) is 0 Å². The predicted octanol–water partition coefficient (Wildman–Crippen LogP) is 4.47. The summed E-state index contributed by atoms with van der Waals surface area (Å²) in [5.74, 6) is -3.07. The van der Waals surface area contributed by atoms with Crippen LogP contribution in [0.1, 0.15) is 23.2 Å². The minimum Gasteiger partial charge on any atom is -0.322 e. The molecule has 22 heavy (non-hydrogen) atoms. The molecule has 2 atom stereocenters. The van der Waals surface area contributed by atoms with Gasteiger partial charge >= 0.3 is 0 Å². The molecule has 0 aliphatic rings. The molecule has 4 N–H and O–H groups in total. The third-order valence-corrected chi connectivity index (χ3v) is 4.30. The lowest BCUT2D eigenvalue weighted by Crippen LogP contribution is -2.28. The lowest BCUT2D eigenvalue weighted by Gasteiger charge is -2.22. The van der Waals surface area contributed by atoms with E-state index in [9.17, 15) is 17.6 Å². The van der Waals surface area contributed by atoms with Crippen molar-refractivity contribution in [2.75, 3.05) is 0 Å². The van der Waals surface area contributed by atoms with Gasteiger partial charge < -0.3 is 11.5 Å². The highest BCUT2D eigenvalue weighted by atomic mass is 79.9. The predicted molar refractivity (Wildman–Crippen MR) is 82.0 cm³/mol. The molecule has 0 aromatic heterocycles. The Bertz CT molecular complexity index is 663. The third-order valence-electron chi connectivity index (χ3n) is 3.15. The van der Waals surface area contributed by atoms with Crippen molar-refractivity contribution in [3.63, 3.8) is 0 Å². The molecule has 8 heteroatoms. The van der Waals surface area contributed by atoms with E-state index in [-0.39, 0.29) is 20.1 Å². The molecule has 0 fully saturated rings. The molecule has 0 saturated heterocycles. The molecule has 0 aliphatic carbocycles. The molecule has 2 nitrogen and oxygen atoms in total. The molecular formula is C14H10Br2F4N2. The molecule has 0 amide bonds. The summed E-state index contributed by atoms with van der Waals surface area (Å²) in [5, 5.41) is 0. The molecule has 2 unspecified atom stereocenters. The molecule has 0 bridgehead atoms. The van der Waals surface area contributed by atoms with Crippen molar-refractivity contribution in [1.29, 1.82) is 0 Å². The Labute approximate surface area is 140 Å². The molecule has 0 radical (unpaired) electrons. The summed E-state index contributed by atoms with van der Waals surface area (Å²) in [6, 6.07) is 1.06. The Hall–Kier alpha value is -0.960. The summed E-state index contributed by atoms with van der Waals surface area (Å²) in [4.78, 5) is 0. The molecule has 0 aliphatic heterocycles. The molecule has 0 heterocycles. The van der Waals surface area contributed by atoms with Crippen molar-refractivity contribution in [2.24, 2.45) is 11.5 Å². The first-order valence-electron chi connectivity index (χ1n) is 6.02. The Kier molecular flexibility index (Phi) is 5.26. The summed E-state index contributed by atoms with van der Waals surface area (Å²) in [5.41, 5.74) is 11.2. The van der Waals surface area contributed by atoms with Gasteiger partial charge in [0.15, 0.2) is 0 Å². The molecule has 0 saturated carbocycles. The SMILES string of the molecule is NC(c1cc(F)cc(Br)c1F)C(N)c1cc(F)cc(Br)c1F. The van der Waals surface area contributed by atoms with Crippen LogP contribution in [0.4, 0.5) is 17.6 Å². The van der Waals surface area contributed by atoms with E-state index in [4.69, 9.17) is 11.5 Å². The molecule has 2 aromatic rings. The topological polar surface area (TPSA) is 52.0 Å². The average Bonchev–Trinajstić information content (AvgIpc) is 2.45. The van der Waals surface area contributed by atoms with Crippen LogP contribution in [-0.4, -0.2) is 0 Å². The second-order valence-corrected chi connectivity index (χ2v) is 6.34. The van der Waals surface area contributed by atoms with Crippen LogP contribution in [0.25, 0.3) is 0 Å². The van der Waals surface area contributed by atoms with E-state index in [0.29, 0.717) is 0 Å². The van der Waals surface area contributed by atoms with Crippen molar-refractivity contribution in [2.45, 2.75) is 12.1 Å². The minimum atomic E-state index is -1.27. The lowest BCUT2D eigenvalue weighted by molar-refractivity contribution is 0.488. The number of benzene rings is 2. The largest absolute Gasteiger partial charge is 0.322 e. The van der Waals surface area contributed by atoms with Crippen molar-refractivity contribution in [3.8, 4) is 0 Å². The first kappa shape index (κ1) is 17.4. The number of hydrogen-bond acceptors (Lipinski definition) is 2. The Morgan fingerprint density at radius 3 is 1.32 bits per heavy atom. The highest BCUT2D eigenvalue weighted by Gasteiger charge is 2.26. The van der Waals surface area contributed by atoms with Gasteiger partial charge in [-0.3, -0.25) is 0 Å². The monoisotopic (exact) mass is 440 g/mol. The average molecular weight is 442 g/mol. The fourth-order valence-electron chi connectivity index (χ4n) is 2.02. The summed E-state index contributed by atoms with van der Waals surface area (Å²) in [6.45, 7) is 0. The van der Waals surface area contributed by atoms with E-state index < -0.39 is 35.4 Å². The summed E-state index contributed by atoms with van der Waals surface area (Å²) in [6.07, 6.45) is 0. The van der Waals surface area contributed by atoms with Crippen LogP contribution in [0.15, 0.2) is 33.2 Å². The third kappa shape index (κ3) is 3.34. The first-order valence-corrected chi connectivity index (χ1v) is 7.61. The van der Waals surface area contributed by atoms with Crippen LogP contribution in [-0.2, 0) is 0 Å². The van der Waals surface area contributed by atoms with Crippen LogP contribution < -0.4 is 11.5 Å². The highest BCUT2D eigenvalue weighted by molar-refractivity contribution is 9.10. The van der Waals surface area contributed by atoms with Crippen molar-refractivity contribution < 1.29 is 17.6 Å². The number of rotatable bonds is 3. The Morgan fingerprint density at radius 2 is 1.00 bits per heavy atom. The van der Waals surface area contributed by atoms with Crippen molar-refractivity contribution >= 4 is 31.9 Å². The molecule has 118 valence electrons. The van der Waals surface area contributed by atoms with Gasteiger partial charge in [0.05, 0.1) is 21.0 Å². The van der Waals surface area contributed by atoms with Crippen LogP contribution in [0.3, 0.4) is 0 Å². The molecule has 0 spiro atoms. The van der Waals surface area contributed by atoms with Crippen LogP contribution in [0.2, 0.25) is 0 Å². The minimum absolute atomic E-state index is 0.133. The van der Waals surface area contributed by atoms with Crippen molar-refractivity contribution in [1.82, 2.24) is 0 Å². The zero-order valence-corrected chi connectivity index (χ0v) is 14.1. The number of halogens is 6. The smallest absolute Gasteiger partial charge is 0.142 e. The lowest BCUT2D eigenvalue weighted by atomic mass is 9.94. The van der Waals surface area contributed by atoms with E-state index in [1.165, 1.54) is 0 Å². The fraction of sp³-hybridized carbons (Fsp3) is 0.143. The maximum atomic E-state index is 14.0. The fourth-order valence-corrected chi connectivity index (χ4v) is 2.92. The quantitative estimate of drug-likeness (QED) is 0.545. The van der Waals surface area contributed by atoms with Gasteiger partial charge in [-0.05, 0) is 56.1 Å². The highest BCUT2D eigenvalue weighted by Crippen LogP contribution is 2.33. The summed E-state index contributed by atoms with van der Waals surface area (Å²) < 4.78 is 54.6. The van der Waals surface area contributed by atoms with E-state index in [1.54, 1.807) is 0 Å². The second-order valence-electron chi connectivity index (χ2n) is 4.63. The number of hydrogen-bond donors (Lipinski definition) is 2. The van der Waals surface area contributed by atoms with Crippen LogP contribution >= 0.6 is 31.9 Å². The maximum Gasteiger partial charge on any atom is 0.142 e. The van der Waals surface area contributed by atoms with E-state index in [2.05, 4.69) is 31.9 Å². The maximum absolute atomic E-state index is 14.0.